The van der Waals surface area contributed by atoms with E-state index in [4.69, 9.17) is 0 Å². The van der Waals surface area contributed by atoms with Crippen LogP contribution in [0.1, 0.15) is 16.1 Å². The van der Waals surface area contributed by atoms with Crippen molar-refractivity contribution < 1.29 is 21.6 Å². The quantitative estimate of drug-likeness (QED) is 0.728. The predicted octanol–water partition coefficient (Wildman–Crippen LogP) is -0.115. The number of hydrogen-bond donors (Lipinski definition) is 2. The van der Waals surface area contributed by atoms with E-state index in [1.165, 1.54) is 10.4 Å². The third kappa shape index (κ3) is 4.41. The molecule has 0 saturated carbocycles. The molecule has 11 heteroatoms. The topological polar surface area (TPSA) is 113 Å². The minimum Gasteiger partial charge on any atom is -0.350 e. The Morgan fingerprint density at radius 2 is 2.18 bits per heavy atom. The molecule has 8 nitrogen and oxygen atoms in total. The van der Waals surface area contributed by atoms with Gasteiger partial charge in [0.15, 0.2) is 0 Å². The van der Waals surface area contributed by atoms with Gasteiger partial charge in [0, 0.05) is 19.6 Å². The Labute approximate surface area is 133 Å². The summed E-state index contributed by atoms with van der Waals surface area (Å²) in [6.45, 7) is 0.862. The minimum absolute atomic E-state index is 0.147. The Morgan fingerprint density at radius 1 is 1.45 bits per heavy atom. The summed E-state index contributed by atoms with van der Waals surface area (Å²) in [5.41, 5.74) is 0.221. The van der Waals surface area contributed by atoms with Crippen molar-refractivity contribution in [2.45, 2.75) is 6.42 Å². The number of thiophene rings is 1. The van der Waals surface area contributed by atoms with Crippen molar-refractivity contribution in [3.05, 3.63) is 16.3 Å². The molecule has 1 aliphatic rings. The number of sulfonamides is 2. The van der Waals surface area contributed by atoms with Gasteiger partial charge in [0.25, 0.3) is 5.91 Å². The Balaban J connectivity index is 1.92. The van der Waals surface area contributed by atoms with E-state index in [2.05, 4.69) is 10.0 Å². The lowest BCUT2D eigenvalue weighted by Crippen LogP contribution is -2.35. The lowest BCUT2D eigenvalue weighted by molar-refractivity contribution is 0.0956. The van der Waals surface area contributed by atoms with Crippen molar-refractivity contribution in [3.63, 3.8) is 0 Å². The summed E-state index contributed by atoms with van der Waals surface area (Å²) in [6, 6.07) is 1.51. The van der Waals surface area contributed by atoms with Crippen LogP contribution in [0.3, 0.4) is 0 Å². The van der Waals surface area contributed by atoms with Crippen LogP contribution in [0.25, 0.3) is 0 Å². The maximum Gasteiger partial charge on any atom is 0.263 e. The molecule has 0 unspecified atom stereocenters. The molecule has 0 spiro atoms. The molecule has 1 saturated heterocycles. The van der Waals surface area contributed by atoms with Gasteiger partial charge in [0.2, 0.25) is 20.0 Å². The molecule has 0 radical (unpaired) electrons. The molecular formula is C11H17N3O5S3. The highest BCUT2D eigenvalue weighted by Gasteiger charge is 2.27. The van der Waals surface area contributed by atoms with Gasteiger partial charge in [0.05, 0.1) is 17.7 Å². The first-order valence-electron chi connectivity index (χ1n) is 6.50. The predicted molar refractivity (Wildman–Crippen MR) is 85.1 cm³/mol. The highest BCUT2D eigenvalue weighted by Crippen LogP contribution is 2.23. The second-order valence-corrected chi connectivity index (χ2v) is 9.62. The number of carbonyl (C=O) groups is 1. The third-order valence-corrected chi connectivity index (χ3v) is 6.48. The molecule has 2 heterocycles. The maximum atomic E-state index is 12.0. The van der Waals surface area contributed by atoms with E-state index in [-0.39, 0.29) is 29.4 Å². The zero-order chi connectivity index (χ0) is 16.4. The number of nitrogens with zero attached hydrogens (tertiary/aromatic N) is 1. The number of rotatable bonds is 6. The first-order valence-corrected chi connectivity index (χ1v) is 10.9. The van der Waals surface area contributed by atoms with Gasteiger partial charge < -0.3 is 5.32 Å². The van der Waals surface area contributed by atoms with Crippen LogP contribution in [0.2, 0.25) is 0 Å². The van der Waals surface area contributed by atoms with Gasteiger partial charge in [-0.25, -0.2) is 21.1 Å². The number of carbonyl (C=O) groups excluding carboxylic acids is 1. The SMILES string of the molecule is CS(=O)(=O)Nc1ccsc1C(=O)NCCN1CCCS1(=O)=O. The standard InChI is InChI=1S/C11H17N3O5S3/c1-21(16,17)13-9-3-7-20-10(9)11(15)12-4-6-14-5-2-8-22(14,18)19/h3,7,13H,2,4-6,8H2,1H3,(H,12,15). The molecule has 0 aromatic carbocycles. The van der Waals surface area contributed by atoms with Crippen molar-refractivity contribution in [1.82, 2.24) is 9.62 Å². The van der Waals surface area contributed by atoms with Crippen LogP contribution in [0.5, 0.6) is 0 Å². The van der Waals surface area contributed by atoms with Gasteiger partial charge in [-0.1, -0.05) is 0 Å². The minimum atomic E-state index is -3.46. The Bertz CT molecular complexity index is 754. The van der Waals surface area contributed by atoms with Gasteiger partial charge in [-0.15, -0.1) is 11.3 Å². The molecule has 2 rings (SSSR count). The second kappa shape index (κ2) is 6.52. The highest BCUT2D eigenvalue weighted by molar-refractivity contribution is 7.92. The molecule has 1 aromatic heterocycles. The molecule has 0 aliphatic carbocycles. The summed E-state index contributed by atoms with van der Waals surface area (Å²) >= 11 is 1.11. The monoisotopic (exact) mass is 367 g/mol. The lowest BCUT2D eigenvalue weighted by atomic mass is 10.4. The van der Waals surface area contributed by atoms with E-state index in [0.29, 0.717) is 13.0 Å². The number of nitrogens with one attached hydrogen (secondary N) is 2. The van der Waals surface area contributed by atoms with Crippen LogP contribution in [-0.4, -0.2) is 58.7 Å². The number of amides is 1. The lowest BCUT2D eigenvalue weighted by Gasteiger charge is -2.14. The summed E-state index contributed by atoms with van der Waals surface area (Å²) in [5.74, 6) is -0.286. The fourth-order valence-corrected chi connectivity index (χ4v) is 5.01. The average Bonchev–Trinajstić information content (AvgIpc) is 2.94. The van der Waals surface area contributed by atoms with E-state index >= 15 is 0 Å². The molecule has 1 fully saturated rings. The molecule has 1 aromatic rings. The van der Waals surface area contributed by atoms with E-state index in [1.807, 2.05) is 0 Å². The molecular weight excluding hydrogens is 350 g/mol. The van der Waals surface area contributed by atoms with Crippen molar-refractivity contribution in [2.75, 3.05) is 36.4 Å². The summed E-state index contributed by atoms with van der Waals surface area (Å²) in [5, 5.41) is 4.21. The fourth-order valence-electron chi connectivity index (χ4n) is 2.08. The number of anilines is 1. The summed E-state index contributed by atoms with van der Waals surface area (Å²) in [7, 11) is -6.64. The van der Waals surface area contributed by atoms with Crippen LogP contribution < -0.4 is 10.0 Å². The van der Waals surface area contributed by atoms with Crippen molar-refractivity contribution in [1.29, 1.82) is 0 Å². The second-order valence-electron chi connectivity index (χ2n) is 4.86. The number of hydrogen-bond acceptors (Lipinski definition) is 6. The Kier molecular flexibility index (Phi) is 5.10. The smallest absolute Gasteiger partial charge is 0.263 e. The Hall–Kier alpha value is -1.17. The van der Waals surface area contributed by atoms with Gasteiger partial charge in [-0.05, 0) is 17.9 Å². The van der Waals surface area contributed by atoms with Gasteiger partial charge in [-0.2, -0.15) is 0 Å². The van der Waals surface area contributed by atoms with Crippen LogP contribution in [0.15, 0.2) is 11.4 Å². The zero-order valence-electron chi connectivity index (χ0n) is 11.9. The van der Waals surface area contributed by atoms with Crippen LogP contribution in [0, 0.1) is 0 Å². The van der Waals surface area contributed by atoms with E-state index in [0.717, 1.165) is 17.6 Å². The zero-order valence-corrected chi connectivity index (χ0v) is 14.4. The van der Waals surface area contributed by atoms with Gasteiger partial charge in [0.1, 0.15) is 4.88 Å². The van der Waals surface area contributed by atoms with E-state index in [1.54, 1.807) is 5.38 Å². The Morgan fingerprint density at radius 3 is 2.77 bits per heavy atom. The maximum absolute atomic E-state index is 12.0. The van der Waals surface area contributed by atoms with Crippen molar-refractivity contribution >= 4 is 43.0 Å². The fraction of sp³-hybridized carbons (Fsp3) is 0.545. The first-order chi connectivity index (χ1) is 10.2. The van der Waals surface area contributed by atoms with E-state index in [9.17, 15) is 21.6 Å². The molecule has 1 amide bonds. The van der Waals surface area contributed by atoms with Crippen LogP contribution in [-0.2, 0) is 20.0 Å². The van der Waals surface area contributed by atoms with Gasteiger partial charge in [-0.3, -0.25) is 9.52 Å². The molecule has 0 bridgehead atoms. The molecule has 1 aliphatic heterocycles. The molecule has 2 N–H and O–H groups in total. The summed E-state index contributed by atoms with van der Waals surface area (Å²) < 4.78 is 49.3. The molecule has 22 heavy (non-hydrogen) atoms. The summed E-state index contributed by atoms with van der Waals surface area (Å²) in [6.07, 6.45) is 1.61. The van der Waals surface area contributed by atoms with Gasteiger partial charge >= 0.3 is 0 Å². The van der Waals surface area contributed by atoms with Crippen LogP contribution in [0.4, 0.5) is 5.69 Å². The van der Waals surface area contributed by atoms with Crippen LogP contribution >= 0.6 is 11.3 Å². The van der Waals surface area contributed by atoms with E-state index < -0.39 is 26.0 Å². The summed E-state index contributed by atoms with van der Waals surface area (Å²) in [4.78, 5) is 12.3. The largest absolute Gasteiger partial charge is 0.350 e. The van der Waals surface area contributed by atoms with Crippen molar-refractivity contribution in [2.24, 2.45) is 0 Å². The highest BCUT2D eigenvalue weighted by atomic mass is 32.2. The van der Waals surface area contributed by atoms with Crippen molar-refractivity contribution in [3.8, 4) is 0 Å². The molecule has 0 atom stereocenters. The average molecular weight is 367 g/mol. The first kappa shape index (κ1) is 17.2. The normalized spacial score (nSPS) is 18.2. The molecule has 124 valence electrons. The third-order valence-electron chi connectivity index (χ3n) is 3.02.